The number of hydrogen-bond donors (Lipinski definition) is 1. The number of aliphatic hydroxyl groups is 1. The van der Waals surface area contributed by atoms with Crippen LogP contribution in [0, 0.1) is 11.8 Å². The molecule has 1 N–H and O–H groups in total. The van der Waals surface area contributed by atoms with Crippen LogP contribution in [0.25, 0.3) is 0 Å². The molecule has 27 heavy (non-hydrogen) atoms. The van der Waals surface area contributed by atoms with Crippen molar-refractivity contribution in [3.8, 4) is 0 Å². The van der Waals surface area contributed by atoms with Crippen molar-refractivity contribution >= 4 is 12.1 Å². The van der Waals surface area contributed by atoms with Crippen molar-refractivity contribution in [3.63, 3.8) is 0 Å². The summed E-state index contributed by atoms with van der Waals surface area (Å²) in [5, 5.41) is 9.70. The molecule has 2 aliphatic rings. The number of aliphatic hydroxyl groups excluding tert-OH is 1. The molecule has 0 spiro atoms. The first-order chi connectivity index (χ1) is 12.3. The molecule has 148 valence electrons. The molecule has 5 heteroatoms. The van der Waals surface area contributed by atoms with Gasteiger partial charge < -0.3 is 17.5 Å². The maximum absolute atomic E-state index is 13.0. The lowest BCUT2D eigenvalue weighted by molar-refractivity contribution is -0.618. The van der Waals surface area contributed by atoms with E-state index in [1.54, 1.807) is 6.92 Å². The highest BCUT2D eigenvalue weighted by Crippen LogP contribution is 2.34. The highest BCUT2D eigenvalue weighted by molar-refractivity contribution is 5.83. The molecular formula is C22H31ClN2O2. The summed E-state index contributed by atoms with van der Waals surface area (Å²) in [7, 11) is 1.90. The Balaban J connectivity index is 0.00000261. The van der Waals surface area contributed by atoms with Crippen LogP contribution in [0.1, 0.15) is 45.6 Å². The summed E-state index contributed by atoms with van der Waals surface area (Å²) in [6.07, 6.45) is 8.35. The third-order valence-corrected chi connectivity index (χ3v) is 6.11. The number of allylic oxidation sites excluding steroid dienone is 2. The van der Waals surface area contributed by atoms with Crippen LogP contribution in [-0.4, -0.2) is 45.5 Å². The van der Waals surface area contributed by atoms with E-state index >= 15 is 0 Å². The van der Waals surface area contributed by atoms with E-state index < -0.39 is 0 Å². The minimum atomic E-state index is -0.346. The van der Waals surface area contributed by atoms with Crippen molar-refractivity contribution < 1.29 is 26.9 Å². The fraction of sp³-hybridized carbons (Fsp3) is 0.545. The topological polar surface area (TPSA) is 43.6 Å². The smallest absolute Gasteiger partial charge is 0.296 e. The summed E-state index contributed by atoms with van der Waals surface area (Å²) in [6.45, 7) is 5.97. The maximum atomic E-state index is 13.0. The minimum Gasteiger partial charge on any atom is -1.00 e. The summed E-state index contributed by atoms with van der Waals surface area (Å²) in [4.78, 5) is 14.9. The van der Waals surface area contributed by atoms with E-state index in [4.69, 9.17) is 0 Å². The lowest BCUT2D eigenvalue weighted by Crippen LogP contribution is -3.00. The van der Waals surface area contributed by atoms with Crippen molar-refractivity contribution in [2.24, 2.45) is 11.8 Å². The Bertz CT molecular complexity index is 723. The van der Waals surface area contributed by atoms with Crippen molar-refractivity contribution in [1.82, 2.24) is 4.90 Å². The van der Waals surface area contributed by atoms with Gasteiger partial charge in [-0.3, -0.25) is 9.69 Å². The third kappa shape index (κ3) is 4.37. The summed E-state index contributed by atoms with van der Waals surface area (Å²) < 4.78 is 2.27. The van der Waals surface area contributed by atoms with Gasteiger partial charge in [-0.05, 0) is 37.3 Å². The van der Waals surface area contributed by atoms with E-state index in [2.05, 4.69) is 36.8 Å². The van der Waals surface area contributed by atoms with Crippen LogP contribution >= 0.6 is 0 Å². The minimum absolute atomic E-state index is 0. The monoisotopic (exact) mass is 390 g/mol. The summed E-state index contributed by atoms with van der Waals surface area (Å²) in [5.74, 6) is 1.30. The largest absolute Gasteiger partial charge is 1.00 e. The van der Waals surface area contributed by atoms with Crippen molar-refractivity contribution in [2.75, 3.05) is 7.05 Å². The van der Waals surface area contributed by atoms with Gasteiger partial charge in [-0.25, -0.2) is 4.58 Å². The summed E-state index contributed by atoms with van der Waals surface area (Å²) in [6, 6.07) is 10.1. The Morgan fingerprint density at radius 3 is 2.52 bits per heavy atom. The average molecular weight is 391 g/mol. The van der Waals surface area contributed by atoms with Crippen LogP contribution in [0.5, 0.6) is 0 Å². The fourth-order valence-electron chi connectivity index (χ4n) is 4.40. The Hall–Kier alpha value is -1.81. The molecule has 4 nitrogen and oxygen atoms in total. The molecule has 0 radical (unpaired) electrons. The SMILES string of the molecule is C/C(O)=C\[C@H]1CCC[C@@H]1/C=[N+]1\[C@@H](Cc2ccccc2)C(=O)N(C)C1(C)C.[Cl-]. The van der Waals surface area contributed by atoms with Crippen molar-refractivity contribution in [3.05, 3.63) is 47.7 Å². The molecule has 0 aromatic heterocycles. The predicted molar refractivity (Wildman–Crippen MR) is 104 cm³/mol. The Morgan fingerprint density at radius 2 is 1.89 bits per heavy atom. The van der Waals surface area contributed by atoms with Gasteiger partial charge in [0.25, 0.3) is 5.91 Å². The molecule has 2 fully saturated rings. The summed E-state index contributed by atoms with van der Waals surface area (Å²) in [5.41, 5.74) is 0.839. The van der Waals surface area contributed by atoms with E-state index in [0.29, 0.717) is 17.6 Å². The van der Waals surface area contributed by atoms with E-state index in [-0.39, 0.29) is 30.0 Å². The molecule has 1 aromatic carbocycles. The Labute approximate surface area is 169 Å². The zero-order valence-electron chi connectivity index (χ0n) is 16.7. The number of carbonyl (C=O) groups is 1. The zero-order valence-corrected chi connectivity index (χ0v) is 17.5. The van der Waals surface area contributed by atoms with Crippen LogP contribution < -0.4 is 12.4 Å². The molecule has 3 atom stereocenters. The van der Waals surface area contributed by atoms with Gasteiger partial charge in [-0.1, -0.05) is 36.8 Å². The molecule has 1 aliphatic heterocycles. The second-order valence-corrected chi connectivity index (χ2v) is 8.22. The van der Waals surface area contributed by atoms with Gasteiger partial charge in [-0.15, -0.1) is 0 Å². The second-order valence-electron chi connectivity index (χ2n) is 8.22. The molecule has 1 saturated carbocycles. The highest BCUT2D eigenvalue weighted by atomic mass is 35.5. The number of halogens is 1. The predicted octanol–water partition coefficient (Wildman–Crippen LogP) is 0.771. The molecule has 1 aromatic rings. The van der Waals surface area contributed by atoms with Crippen LogP contribution in [0.3, 0.4) is 0 Å². The van der Waals surface area contributed by atoms with Crippen molar-refractivity contribution in [1.29, 1.82) is 0 Å². The van der Waals surface area contributed by atoms with Crippen LogP contribution in [0.4, 0.5) is 0 Å². The van der Waals surface area contributed by atoms with Gasteiger partial charge in [-0.2, -0.15) is 0 Å². The number of benzene rings is 1. The highest BCUT2D eigenvalue weighted by Gasteiger charge is 2.54. The number of carbonyl (C=O) groups excluding carboxylic acids is 1. The van der Waals surface area contributed by atoms with Crippen LogP contribution in [0.15, 0.2) is 42.2 Å². The number of hydrogen-bond acceptors (Lipinski definition) is 2. The normalized spacial score (nSPS) is 29.3. The Kier molecular flexibility index (Phi) is 6.74. The molecule has 1 saturated heterocycles. The zero-order chi connectivity index (χ0) is 18.9. The Morgan fingerprint density at radius 1 is 1.26 bits per heavy atom. The van der Waals surface area contributed by atoms with E-state index in [0.717, 1.165) is 25.7 Å². The average Bonchev–Trinajstić information content (AvgIpc) is 3.08. The maximum Gasteiger partial charge on any atom is 0.296 e. The molecule has 3 rings (SSSR count). The van der Waals surface area contributed by atoms with E-state index in [9.17, 15) is 9.90 Å². The lowest BCUT2D eigenvalue weighted by atomic mass is 9.95. The number of amides is 1. The van der Waals surface area contributed by atoms with Gasteiger partial charge in [0.2, 0.25) is 11.7 Å². The molecule has 1 heterocycles. The van der Waals surface area contributed by atoms with Gasteiger partial charge >= 0.3 is 0 Å². The summed E-state index contributed by atoms with van der Waals surface area (Å²) >= 11 is 0. The molecule has 0 bridgehead atoms. The standard InChI is InChI=1S/C22H30N2O2.ClH/c1-16(25)13-18-11-8-12-19(18)15-24-20(14-17-9-6-5-7-10-17)21(26)23(4)22(24,2)3;/h5-7,9-10,13,15,18-20H,8,11-12,14H2,1-4H3;1H/b16-13+,24-15+;/t18-,19-,20+;/m1./s1. The van der Waals surface area contributed by atoms with Gasteiger partial charge in [0.15, 0.2) is 0 Å². The quantitative estimate of drug-likeness (QED) is 0.609. The second kappa shape index (κ2) is 8.47. The van der Waals surface area contributed by atoms with E-state index in [1.165, 1.54) is 5.56 Å². The third-order valence-electron chi connectivity index (χ3n) is 6.11. The van der Waals surface area contributed by atoms with Crippen LogP contribution in [-0.2, 0) is 11.2 Å². The van der Waals surface area contributed by atoms with Gasteiger partial charge in [0, 0.05) is 33.2 Å². The number of likely N-dealkylation sites (N-methyl/N-ethyl adjacent to an activating group) is 1. The fourth-order valence-corrected chi connectivity index (χ4v) is 4.40. The van der Waals surface area contributed by atoms with Gasteiger partial charge in [0.05, 0.1) is 5.76 Å². The van der Waals surface area contributed by atoms with Crippen LogP contribution in [0.2, 0.25) is 0 Å². The lowest BCUT2D eigenvalue weighted by Gasteiger charge is -2.24. The molecule has 1 amide bonds. The first-order valence-corrected chi connectivity index (χ1v) is 9.63. The molecule has 0 unspecified atom stereocenters. The number of rotatable bonds is 4. The first-order valence-electron chi connectivity index (χ1n) is 9.63. The van der Waals surface area contributed by atoms with Gasteiger partial charge in [0.1, 0.15) is 6.21 Å². The molecule has 1 aliphatic carbocycles. The van der Waals surface area contributed by atoms with Crippen molar-refractivity contribution in [2.45, 2.75) is 58.2 Å². The first kappa shape index (κ1) is 21.5. The molecular weight excluding hydrogens is 360 g/mol. The number of nitrogens with zero attached hydrogens (tertiary/aromatic N) is 2. The van der Waals surface area contributed by atoms with E-state index in [1.807, 2.05) is 36.2 Å².